The van der Waals surface area contributed by atoms with E-state index < -0.39 is 0 Å². The first kappa shape index (κ1) is 15.5. The molecule has 0 bridgehead atoms. The van der Waals surface area contributed by atoms with E-state index in [4.69, 9.17) is 11.6 Å². The fourth-order valence-corrected chi connectivity index (χ4v) is 2.39. The van der Waals surface area contributed by atoms with Crippen molar-refractivity contribution in [3.63, 3.8) is 0 Å². The molecule has 5 nitrogen and oxygen atoms in total. The van der Waals surface area contributed by atoms with Crippen molar-refractivity contribution in [3.8, 4) is 0 Å². The van der Waals surface area contributed by atoms with Gasteiger partial charge in [-0.3, -0.25) is 9.48 Å². The van der Waals surface area contributed by atoms with Gasteiger partial charge in [-0.05, 0) is 33.0 Å². The molecule has 6 heteroatoms. The second-order valence-electron chi connectivity index (χ2n) is 4.87. The van der Waals surface area contributed by atoms with Gasteiger partial charge in [0.2, 0.25) is 5.91 Å². The lowest BCUT2D eigenvalue weighted by Gasteiger charge is -2.08. The molecule has 1 amide bonds. The van der Waals surface area contributed by atoms with Crippen molar-refractivity contribution in [2.24, 2.45) is 0 Å². The van der Waals surface area contributed by atoms with Crippen LogP contribution in [0.25, 0.3) is 0 Å². The van der Waals surface area contributed by atoms with Crippen LogP contribution in [0.2, 0.25) is 5.02 Å². The van der Waals surface area contributed by atoms with E-state index in [2.05, 4.69) is 15.7 Å². The average molecular weight is 307 g/mol. The molecule has 0 fully saturated rings. The van der Waals surface area contributed by atoms with E-state index in [1.165, 1.54) is 0 Å². The summed E-state index contributed by atoms with van der Waals surface area (Å²) in [5, 5.41) is 10.8. The summed E-state index contributed by atoms with van der Waals surface area (Å²) in [6.07, 6.45) is 0. The molecule has 1 heterocycles. The van der Waals surface area contributed by atoms with Crippen molar-refractivity contribution in [2.45, 2.75) is 26.9 Å². The SMILES string of the molecule is CNCc1c(C)nn(CC(=O)Nc2ccccc2Cl)c1C. The summed E-state index contributed by atoms with van der Waals surface area (Å²) < 4.78 is 1.72. The quantitative estimate of drug-likeness (QED) is 0.892. The lowest BCUT2D eigenvalue weighted by Crippen LogP contribution is -2.20. The number of para-hydroxylation sites is 1. The molecule has 0 radical (unpaired) electrons. The van der Waals surface area contributed by atoms with Gasteiger partial charge in [-0.15, -0.1) is 0 Å². The molecule has 0 spiro atoms. The Morgan fingerprint density at radius 2 is 2.05 bits per heavy atom. The number of carbonyl (C=O) groups is 1. The highest BCUT2D eigenvalue weighted by molar-refractivity contribution is 6.33. The highest BCUT2D eigenvalue weighted by atomic mass is 35.5. The van der Waals surface area contributed by atoms with Crippen LogP contribution < -0.4 is 10.6 Å². The third-order valence-corrected chi connectivity index (χ3v) is 3.66. The summed E-state index contributed by atoms with van der Waals surface area (Å²) in [7, 11) is 1.89. The fraction of sp³-hybridized carbons (Fsp3) is 0.333. The van der Waals surface area contributed by atoms with Crippen molar-refractivity contribution in [2.75, 3.05) is 12.4 Å². The van der Waals surface area contributed by atoms with E-state index in [0.717, 1.165) is 23.5 Å². The molecule has 0 saturated carbocycles. The number of rotatable bonds is 5. The number of anilines is 1. The van der Waals surface area contributed by atoms with Gasteiger partial charge in [0.1, 0.15) is 6.54 Å². The van der Waals surface area contributed by atoms with Crippen LogP contribution in [0.4, 0.5) is 5.69 Å². The molecule has 1 aromatic carbocycles. The molecule has 21 heavy (non-hydrogen) atoms. The van der Waals surface area contributed by atoms with E-state index in [9.17, 15) is 4.79 Å². The molecule has 2 N–H and O–H groups in total. The Balaban J connectivity index is 2.10. The highest BCUT2D eigenvalue weighted by Gasteiger charge is 2.13. The minimum Gasteiger partial charge on any atom is -0.323 e. The van der Waals surface area contributed by atoms with Gasteiger partial charge in [0.15, 0.2) is 0 Å². The Morgan fingerprint density at radius 1 is 1.33 bits per heavy atom. The third-order valence-electron chi connectivity index (χ3n) is 3.33. The average Bonchev–Trinajstić information content (AvgIpc) is 2.69. The van der Waals surface area contributed by atoms with Gasteiger partial charge in [0.25, 0.3) is 0 Å². The van der Waals surface area contributed by atoms with Gasteiger partial charge in [-0.2, -0.15) is 5.10 Å². The molecule has 112 valence electrons. The number of benzene rings is 1. The van der Waals surface area contributed by atoms with Crippen LogP contribution in [0.5, 0.6) is 0 Å². The molecule has 0 atom stereocenters. The summed E-state index contributed by atoms with van der Waals surface area (Å²) in [4.78, 5) is 12.1. The van der Waals surface area contributed by atoms with Crippen LogP contribution in [0.3, 0.4) is 0 Å². The predicted octanol–water partition coefficient (Wildman–Crippen LogP) is 2.51. The monoisotopic (exact) mass is 306 g/mol. The molecular weight excluding hydrogens is 288 g/mol. The Labute approximate surface area is 129 Å². The first-order valence-electron chi connectivity index (χ1n) is 6.74. The summed E-state index contributed by atoms with van der Waals surface area (Å²) in [5.74, 6) is -0.148. The first-order valence-corrected chi connectivity index (χ1v) is 7.12. The lowest BCUT2D eigenvalue weighted by atomic mass is 10.2. The van der Waals surface area contributed by atoms with Crippen LogP contribution in [0, 0.1) is 13.8 Å². The number of halogens is 1. The maximum atomic E-state index is 12.1. The van der Waals surface area contributed by atoms with E-state index in [0.29, 0.717) is 10.7 Å². The van der Waals surface area contributed by atoms with Crippen molar-refractivity contribution in [1.82, 2.24) is 15.1 Å². The molecule has 0 unspecified atom stereocenters. The second-order valence-corrected chi connectivity index (χ2v) is 5.27. The third kappa shape index (κ3) is 3.62. The van der Waals surface area contributed by atoms with Crippen LogP contribution in [-0.4, -0.2) is 22.7 Å². The molecule has 0 aliphatic carbocycles. The van der Waals surface area contributed by atoms with Gasteiger partial charge < -0.3 is 10.6 Å². The lowest BCUT2D eigenvalue weighted by molar-refractivity contribution is -0.116. The topological polar surface area (TPSA) is 59.0 Å². The molecule has 1 aromatic heterocycles. The van der Waals surface area contributed by atoms with Gasteiger partial charge >= 0.3 is 0 Å². The molecular formula is C15H19ClN4O. The molecule has 2 aromatic rings. The number of carbonyl (C=O) groups excluding carboxylic acids is 1. The number of aryl methyl sites for hydroxylation is 1. The minimum atomic E-state index is -0.148. The number of hydrogen-bond donors (Lipinski definition) is 2. The fourth-order valence-electron chi connectivity index (χ4n) is 2.21. The van der Waals surface area contributed by atoms with Crippen molar-refractivity contribution in [3.05, 3.63) is 46.2 Å². The minimum absolute atomic E-state index is 0.148. The molecule has 2 rings (SSSR count). The Bertz CT molecular complexity index is 651. The highest BCUT2D eigenvalue weighted by Crippen LogP contribution is 2.20. The maximum Gasteiger partial charge on any atom is 0.246 e. The van der Waals surface area contributed by atoms with E-state index >= 15 is 0 Å². The summed E-state index contributed by atoms with van der Waals surface area (Å²) in [6, 6.07) is 7.16. The van der Waals surface area contributed by atoms with E-state index in [-0.39, 0.29) is 12.5 Å². The largest absolute Gasteiger partial charge is 0.323 e. The molecule has 0 aliphatic heterocycles. The maximum absolute atomic E-state index is 12.1. The zero-order valence-electron chi connectivity index (χ0n) is 12.4. The van der Waals surface area contributed by atoms with Gasteiger partial charge in [-0.1, -0.05) is 23.7 Å². The van der Waals surface area contributed by atoms with Crippen molar-refractivity contribution >= 4 is 23.2 Å². The van der Waals surface area contributed by atoms with E-state index in [1.807, 2.05) is 33.0 Å². The summed E-state index contributed by atoms with van der Waals surface area (Å²) in [5.41, 5.74) is 3.67. The predicted molar refractivity (Wildman–Crippen MR) is 84.5 cm³/mol. The zero-order chi connectivity index (χ0) is 15.4. The van der Waals surface area contributed by atoms with Crippen molar-refractivity contribution in [1.29, 1.82) is 0 Å². The Morgan fingerprint density at radius 3 is 2.71 bits per heavy atom. The Kier molecular flexibility index (Phi) is 4.98. The first-order chi connectivity index (χ1) is 10.0. The summed E-state index contributed by atoms with van der Waals surface area (Å²) in [6.45, 7) is 4.82. The van der Waals surface area contributed by atoms with Crippen LogP contribution in [0.15, 0.2) is 24.3 Å². The normalized spacial score (nSPS) is 10.7. The number of amides is 1. The zero-order valence-corrected chi connectivity index (χ0v) is 13.2. The smallest absolute Gasteiger partial charge is 0.246 e. The number of hydrogen-bond acceptors (Lipinski definition) is 3. The number of nitrogens with one attached hydrogen (secondary N) is 2. The Hall–Kier alpha value is -1.85. The van der Waals surface area contributed by atoms with Crippen LogP contribution >= 0.6 is 11.6 Å². The van der Waals surface area contributed by atoms with Crippen LogP contribution in [-0.2, 0) is 17.9 Å². The van der Waals surface area contributed by atoms with E-state index in [1.54, 1.807) is 16.8 Å². The van der Waals surface area contributed by atoms with Gasteiger partial charge in [0.05, 0.1) is 16.4 Å². The standard InChI is InChI=1S/C15H19ClN4O/c1-10-12(8-17-3)11(2)20(19-10)9-15(21)18-14-7-5-4-6-13(14)16/h4-7,17H,8-9H2,1-3H3,(H,18,21). The second kappa shape index (κ2) is 6.74. The van der Waals surface area contributed by atoms with Crippen LogP contribution in [0.1, 0.15) is 17.0 Å². The van der Waals surface area contributed by atoms with Crippen molar-refractivity contribution < 1.29 is 4.79 Å². The number of nitrogens with zero attached hydrogens (tertiary/aromatic N) is 2. The summed E-state index contributed by atoms with van der Waals surface area (Å²) >= 11 is 6.03. The number of aromatic nitrogens is 2. The molecule has 0 aliphatic rings. The molecule has 0 saturated heterocycles. The van der Waals surface area contributed by atoms with Gasteiger partial charge in [0, 0.05) is 17.8 Å². The van der Waals surface area contributed by atoms with Gasteiger partial charge in [-0.25, -0.2) is 0 Å².